The van der Waals surface area contributed by atoms with Crippen molar-refractivity contribution in [1.82, 2.24) is 5.32 Å². The molecule has 1 aromatic rings. The predicted octanol–water partition coefficient (Wildman–Crippen LogP) is 2.34. The van der Waals surface area contributed by atoms with E-state index in [9.17, 15) is 5.11 Å². The van der Waals surface area contributed by atoms with Crippen molar-refractivity contribution in [2.75, 3.05) is 20.3 Å². The molecule has 4 heteroatoms. The number of benzene rings is 1. The normalized spacial score (nSPS) is 11.4. The van der Waals surface area contributed by atoms with Gasteiger partial charge in [0.05, 0.1) is 19.3 Å². The molecule has 0 saturated carbocycles. The number of aliphatic hydroxyl groups is 1. The summed E-state index contributed by atoms with van der Waals surface area (Å²) in [5, 5.41) is 13.0. The molecule has 108 valence electrons. The third-order valence-corrected chi connectivity index (χ3v) is 2.80. The minimum Gasteiger partial charge on any atom is -0.497 e. The van der Waals surface area contributed by atoms with E-state index in [1.807, 2.05) is 18.2 Å². The van der Waals surface area contributed by atoms with Crippen molar-refractivity contribution >= 4 is 0 Å². The number of hydrogen-bond donors (Lipinski definition) is 2. The molecule has 0 atom stereocenters. The first-order chi connectivity index (χ1) is 8.96. The Morgan fingerprint density at radius 2 is 2.05 bits per heavy atom. The first kappa shape index (κ1) is 15.8. The van der Waals surface area contributed by atoms with Crippen molar-refractivity contribution in [3.63, 3.8) is 0 Å². The number of nitrogens with one attached hydrogen (secondary N) is 1. The Balaban J connectivity index is 2.69. The average molecular weight is 267 g/mol. The van der Waals surface area contributed by atoms with Crippen LogP contribution < -0.4 is 14.8 Å². The van der Waals surface area contributed by atoms with Crippen molar-refractivity contribution in [2.45, 2.75) is 39.3 Å². The Labute approximate surface area is 115 Å². The quantitative estimate of drug-likeness (QED) is 0.759. The zero-order chi connectivity index (χ0) is 14.3. The summed E-state index contributed by atoms with van der Waals surface area (Å²) < 4.78 is 11.0. The first-order valence-electron chi connectivity index (χ1n) is 6.69. The highest BCUT2D eigenvalue weighted by Gasteiger charge is 2.13. The Hall–Kier alpha value is -1.26. The van der Waals surface area contributed by atoms with Crippen molar-refractivity contribution in [3.8, 4) is 11.5 Å². The highest BCUT2D eigenvalue weighted by molar-refractivity contribution is 5.40. The van der Waals surface area contributed by atoms with Crippen LogP contribution in [-0.4, -0.2) is 31.0 Å². The van der Waals surface area contributed by atoms with Gasteiger partial charge in [-0.25, -0.2) is 0 Å². The van der Waals surface area contributed by atoms with Crippen molar-refractivity contribution < 1.29 is 14.6 Å². The average Bonchev–Trinajstić information content (AvgIpc) is 2.35. The van der Waals surface area contributed by atoms with E-state index < -0.39 is 5.60 Å². The fourth-order valence-electron chi connectivity index (χ4n) is 1.63. The van der Waals surface area contributed by atoms with Crippen molar-refractivity contribution in [1.29, 1.82) is 0 Å². The summed E-state index contributed by atoms with van der Waals surface area (Å²) in [6.07, 6.45) is 0.597. The maximum absolute atomic E-state index is 9.68. The molecule has 4 nitrogen and oxygen atoms in total. The lowest BCUT2D eigenvalue weighted by Gasteiger charge is -2.18. The van der Waals surface area contributed by atoms with Gasteiger partial charge in [-0.3, -0.25) is 0 Å². The molecule has 0 saturated heterocycles. The van der Waals surface area contributed by atoms with Gasteiger partial charge in [0, 0.05) is 18.5 Å². The smallest absolute Gasteiger partial charge is 0.124 e. The molecule has 1 aromatic carbocycles. The van der Waals surface area contributed by atoms with Gasteiger partial charge >= 0.3 is 0 Å². The summed E-state index contributed by atoms with van der Waals surface area (Å²) in [7, 11) is 1.65. The number of methoxy groups -OCH3 is 1. The Morgan fingerprint density at radius 3 is 2.63 bits per heavy atom. The van der Waals surface area contributed by atoms with Crippen LogP contribution in [0.15, 0.2) is 18.2 Å². The summed E-state index contributed by atoms with van der Waals surface area (Å²) in [6, 6.07) is 5.77. The molecule has 0 aliphatic rings. The van der Waals surface area contributed by atoms with E-state index in [2.05, 4.69) is 12.2 Å². The van der Waals surface area contributed by atoms with Crippen LogP contribution in [0.1, 0.15) is 32.8 Å². The standard InChI is InChI=1S/C15H25NO3/c1-5-16-11-12-10-13(18-4)6-7-14(12)19-9-8-15(2,3)17/h6-7,10,16-17H,5,8-9,11H2,1-4H3. The molecule has 0 heterocycles. The summed E-state index contributed by atoms with van der Waals surface area (Å²) in [5.74, 6) is 1.66. The van der Waals surface area contributed by atoms with Crippen molar-refractivity contribution in [3.05, 3.63) is 23.8 Å². The Bertz CT molecular complexity index is 385. The molecular formula is C15H25NO3. The molecule has 0 aliphatic carbocycles. The highest BCUT2D eigenvalue weighted by atomic mass is 16.5. The molecule has 0 spiro atoms. The van der Waals surface area contributed by atoms with Crippen LogP contribution in [0.5, 0.6) is 11.5 Å². The molecule has 0 unspecified atom stereocenters. The van der Waals surface area contributed by atoms with Gasteiger partial charge in [0.2, 0.25) is 0 Å². The molecule has 0 amide bonds. The molecular weight excluding hydrogens is 242 g/mol. The molecule has 0 fully saturated rings. The maximum Gasteiger partial charge on any atom is 0.124 e. The molecule has 0 radical (unpaired) electrons. The van der Waals surface area contributed by atoms with Gasteiger partial charge in [-0.2, -0.15) is 0 Å². The summed E-state index contributed by atoms with van der Waals surface area (Å²) in [5.41, 5.74) is 0.367. The zero-order valence-electron chi connectivity index (χ0n) is 12.3. The van der Waals surface area contributed by atoms with Crippen LogP contribution in [0.25, 0.3) is 0 Å². The van der Waals surface area contributed by atoms with Crippen LogP contribution in [0.3, 0.4) is 0 Å². The minimum atomic E-state index is -0.700. The Morgan fingerprint density at radius 1 is 1.32 bits per heavy atom. The predicted molar refractivity (Wildman–Crippen MR) is 76.8 cm³/mol. The van der Waals surface area contributed by atoms with E-state index in [-0.39, 0.29) is 0 Å². The number of rotatable bonds is 8. The molecule has 0 bridgehead atoms. The first-order valence-corrected chi connectivity index (χ1v) is 6.69. The van der Waals surface area contributed by atoms with E-state index in [4.69, 9.17) is 9.47 Å². The second-order valence-electron chi connectivity index (χ2n) is 5.16. The van der Waals surface area contributed by atoms with Gasteiger partial charge in [0.15, 0.2) is 0 Å². The zero-order valence-corrected chi connectivity index (χ0v) is 12.3. The molecule has 2 N–H and O–H groups in total. The lowest BCUT2D eigenvalue weighted by molar-refractivity contribution is 0.0552. The largest absolute Gasteiger partial charge is 0.497 e. The van der Waals surface area contributed by atoms with Crippen LogP contribution in [0.4, 0.5) is 0 Å². The van der Waals surface area contributed by atoms with Crippen LogP contribution in [0.2, 0.25) is 0 Å². The minimum absolute atomic E-state index is 0.495. The molecule has 1 rings (SSSR count). The monoisotopic (exact) mass is 267 g/mol. The van der Waals surface area contributed by atoms with Crippen molar-refractivity contribution in [2.24, 2.45) is 0 Å². The molecule has 0 aliphatic heterocycles. The molecule has 19 heavy (non-hydrogen) atoms. The van der Waals surface area contributed by atoms with E-state index >= 15 is 0 Å². The second kappa shape index (κ2) is 7.36. The SMILES string of the molecule is CCNCc1cc(OC)ccc1OCCC(C)(C)O. The Kier molecular flexibility index (Phi) is 6.12. The lowest BCUT2D eigenvalue weighted by atomic mass is 10.1. The third-order valence-electron chi connectivity index (χ3n) is 2.80. The van der Waals surface area contributed by atoms with E-state index in [1.165, 1.54) is 0 Å². The number of hydrogen-bond acceptors (Lipinski definition) is 4. The second-order valence-corrected chi connectivity index (χ2v) is 5.16. The van der Waals surface area contributed by atoms with E-state index in [0.717, 1.165) is 30.2 Å². The van der Waals surface area contributed by atoms with Gasteiger partial charge in [0.25, 0.3) is 0 Å². The van der Waals surface area contributed by atoms with Gasteiger partial charge in [-0.05, 0) is 38.6 Å². The van der Waals surface area contributed by atoms with E-state index in [0.29, 0.717) is 13.0 Å². The highest BCUT2D eigenvalue weighted by Crippen LogP contribution is 2.24. The third kappa shape index (κ3) is 5.94. The van der Waals surface area contributed by atoms with Gasteiger partial charge in [-0.15, -0.1) is 0 Å². The van der Waals surface area contributed by atoms with Gasteiger partial charge < -0.3 is 19.9 Å². The topological polar surface area (TPSA) is 50.7 Å². The van der Waals surface area contributed by atoms with Crippen LogP contribution in [0, 0.1) is 0 Å². The van der Waals surface area contributed by atoms with Crippen LogP contribution >= 0.6 is 0 Å². The summed E-state index contributed by atoms with van der Waals surface area (Å²) in [6.45, 7) is 7.77. The van der Waals surface area contributed by atoms with Gasteiger partial charge in [0.1, 0.15) is 11.5 Å². The maximum atomic E-state index is 9.68. The van der Waals surface area contributed by atoms with Gasteiger partial charge in [-0.1, -0.05) is 6.92 Å². The number of ether oxygens (including phenoxy) is 2. The van der Waals surface area contributed by atoms with Crippen LogP contribution in [-0.2, 0) is 6.54 Å². The fraction of sp³-hybridized carbons (Fsp3) is 0.600. The lowest BCUT2D eigenvalue weighted by Crippen LogP contribution is -2.22. The summed E-state index contributed by atoms with van der Waals surface area (Å²) >= 11 is 0. The van der Waals surface area contributed by atoms with E-state index in [1.54, 1.807) is 21.0 Å². The fourth-order valence-corrected chi connectivity index (χ4v) is 1.63. The summed E-state index contributed by atoms with van der Waals surface area (Å²) in [4.78, 5) is 0. The molecule has 0 aromatic heterocycles.